The molecule has 0 aliphatic heterocycles. The second-order valence-corrected chi connectivity index (χ2v) is 5.28. The van der Waals surface area contributed by atoms with E-state index in [9.17, 15) is 13.2 Å². The molecule has 0 fully saturated rings. The van der Waals surface area contributed by atoms with Crippen LogP contribution in [0.5, 0.6) is 0 Å². The van der Waals surface area contributed by atoms with Crippen LogP contribution in [0.2, 0.25) is 0 Å². The van der Waals surface area contributed by atoms with Gasteiger partial charge in [-0.2, -0.15) is 13.2 Å². The van der Waals surface area contributed by atoms with Gasteiger partial charge in [-0.1, -0.05) is 13.0 Å². The van der Waals surface area contributed by atoms with Crippen molar-refractivity contribution in [3.63, 3.8) is 0 Å². The van der Waals surface area contributed by atoms with Crippen molar-refractivity contribution in [3.05, 3.63) is 29.6 Å². The topological polar surface area (TPSA) is 43.8 Å². The number of hydrogen-bond donors (Lipinski definition) is 1. The minimum absolute atomic E-state index is 0.132. The molecule has 1 aromatic heterocycles. The van der Waals surface area contributed by atoms with Gasteiger partial charge in [0, 0.05) is 6.54 Å². The molecule has 0 radical (unpaired) electrons. The lowest BCUT2D eigenvalue weighted by Gasteiger charge is -2.27. The first-order valence-electron chi connectivity index (χ1n) is 6.51. The Hall–Kier alpha value is -1.56. The lowest BCUT2D eigenvalue weighted by Crippen LogP contribution is -2.49. The third-order valence-corrected chi connectivity index (χ3v) is 3.40. The molecule has 0 amide bonds. The first-order valence-corrected chi connectivity index (χ1v) is 6.51. The number of nitrogens with zero attached hydrogens (tertiary/aromatic N) is 2. The second-order valence-electron chi connectivity index (χ2n) is 5.28. The van der Waals surface area contributed by atoms with E-state index in [1.807, 2.05) is 19.9 Å². The first-order chi connectivity index (χ1) is 9.18. The summed E-state index contributed by atoms with van der Waals surface area (Å²) in [6, 6.07) is 5.43. The van der Waals surface area contributed by atoms with Crippen molar-refractivity contribution in [1.29, 1.82) is 0 Å². The Morgan fingerprint density at radius 1 is 1.30 bits per heavy atom. The van der Waals surface area contributed by atoms with Crippen LogP contribution in [0.1, 0.15) is 31.7 Å². The number of alkyl halides is 3. The summed E-state index contributed by atoms with van der Waals surface area (Å²) in [5.74, 6) is -0.132. The van der Waals surface area contributed by atoms with Crippen LogP contribution in [0.15, 0.2) is 18.2 Å². The summed E-state index contributed by atoms with van der Waals surface area (Å²) < 4.78 is 41.1. The van der Waals surface area contributed by atoms with Gasteiger partial charge >= 0.3 is 6.18 Å². The number of nitrogens with two attached hydrogens (primary N) is 1. The van der Waals surface area contributed by atoms with Crippen molar-refractivity contribution in [2.45, 2.75) is 45.5 Å². The van der Waals surface area contributed by atoms with Crippen molar-refractivity contribution in [3.8, 4) is 0 Å². The van der Waals surface area contributed by atoms with Crippen LogP contribution in [-0.4, -0.2) is 15.7 Å². The van der Waals surface area contributed by atoms with E-state index in [2.05, 4.69) is 4.98 Å². The van der Waals surface area contributed by atoms with E-state index in [-0.39, 0.29) is 5.82 Å². The molecule has 2 rings (SSSR count). The fourth-order valence-electron chi connectivity index (χ4n) is 2.21. The largest absolute Gasteiger partial charge is 0.413 e. The smallest absolute Gasteiger partial charge is 0.326 e. The summed E-state index contributed by atoms with van der Waals surface area (Å²) in [6.45, 7) is 5.21. The van der Waals surface area contributed by atoms with Crippen LogP contribution in [0.3, 0.4) is 0 Å². The summed E-state index contributed by atoms with van der Waals surface area (Å²) in [7, 11) is 0. The molecule has 1 heterocycles. The van der Waals surface area contributed by atoms with Crippen LogP contribution in [0.25, 0.3) is 11.0 Å². The number of rotatable bonds is 3. The van der Waals surface area contributed by atoms with E-state index in [0.717, 1.165) is 12.5 Å². The van der Waals surface area contributed by atoms with E-state index < -0.39 is 11.7 Å². The Kier molecular flexibility index (Phi) is 3.54. The molecule has 2 aromatic rings. The van der Waals surface area contributed by atoms with Gasteiger partial charge in [-0.25, -0.2) is 4.98 Å². The van der Waals surface area contributed by atoms with Crippen molar-refractivity contribution in [2.24, 2.45) is 5.73 Å². The summed E-state index contributed by atoms with van der Waals surface area (Å²) >= 11 is 0. The zero-order valence-electron chi connectivity index (χ0n) is 11.8. The maximum Gasteiger partial charge on any atom is 0.413 e. The van der Waals surface area contributed by atoms with Gasteiger partial charge in [-0.05, 0) is 38.0 Å². The van der Waals surface area contributed by atoms with Gasteiger partial charge in [0.25, 0.3) is 0 Å². The maximum absolute atomic E-state index is 13.2. The van der Waals surface area contributed by atoms with E-state index in [1.54, 1.807) is 16.7 Å². The highest BCUT2D eigenvalue weighted by Gasteiger charge is 2.52. The van der Waals surface area contributed by atoms with Gasteiger partial charge in [0.1, 0.15) is 5.82 Å². The van der Waals surface area contributed by atoms with Gasteiger partial charge in [0.2, 0.25) is 0 Å². The van der Waals surface area contributed by atoms with Crippen molar-refractivity contribution >= 4 is 11.0 Å². The number of hydrogen-bond acceptors (Lipinski definition) is 2. The molecule has 110 valence electrons. The lowest BCUT2D eigenvalue weighted by atomic mass is 10.0. The van der Waals surface area contributed by atoms with E-state index in [4.69, 9.17) is 5.73 Å². The van der Waals surface area contributed by atoms with Gasteiger partial charge in [-0.3, -0.25) is 0 Å². The molecule has 6 heteroatoms. The average Bonchev–Trinajstić information content (AvgIpc) is 2.67. The SMILES string of the molecule is CCCn1c(C(C)(N)C(F)(F)F)nc2cc(C)ccc21. The minimum Gasteiger partial charge on any atom is -0.326 e. The monoisotopic (exact) mass is 285 g/mol. The van der Waals surface area contributed by atoms with Crippen LogP contribution in [-0.2, 0) is 12.1 Å². The molecular weight excluding hydrogens is 267 g/mol. The maximum atomic E-state index is 13.2. The molecule has 0 aliphatic rings. The number of halogens is 3. The van der Waals surface area contributed by atoms with Crippen LogP contribution < -0.4 is 5.73 Å². The number of aromatic nitrogens is 2. The molecule has 0 aliphatic carbocycles. The van der Waals surface area contributed by atoms with Crippen molar-refractivity contribution in [1.82, 2.24) is 9.55 Å². The van der Waals surface area contributed by atoms with E-state index in [0.29, 0.717) is 24.0 Å². The number of aryl methyl sites for hydroxylation is 2. The molecule has 0 saturated carbocycles. The van der Waals surface area contributed by atoms with Gasteiger partial charge < -0.3 is 10.3 Å². The fraction of sp³-hybridized carbons (Fsp3) is 0.500. The summed E-state index contributed by atoms with van der Waals surface area (Å²) in [5.41, 5.74) is 5.27. The van der Waals surface area contributed by atoms with Crippen molar-refractivity contribution < 1.29 is 13.2 Å². The van der Waals surface area contributed by atoms with Gasteiger partial charge in [0.05, 0.1) is 11.0 Å². The molecule has 1 unspecified atom stereocenters. The Morgan fingerprint density at radius 2 is 1.95 bits per heavy atom. The molecule has 0 saturated heterocycles. The highest BCUT2D eigenvalue weighted by atomic mass is 19.4. The highest BCUT2D eigenvalue weighted by molar-refractivity contribution is 5.77. The standard InChI is InChI=1S/C14H18F3N3/c1-4-7-20-11-6-5-9(2)8-10(11)19-12(20)13(3,18)14(15,16)17/h5-6,8H,4,7,18H2,1-3H3. The van der Waals surface area contributed by atoms with Gasteiger partial charge in [-0.15, -0.1) is 0 Å². The predicted molar refractivity (Wildman–Crippen MR) is 72.4 cm³/mol. The molecule has 1 atom stereocenters. The predicted octanol–water partition coefficient (Wildman–Crippen LogP) is 3.49. The molecule has 3 nitrogen and oxygen atoms in total. The minimum atomic E-state index is -4.55. The van der Waals surface area contributed by atoms with E-state index in [1.165, 1.54) is 0 Å². The molecule has 2 N–H and O–H groups in total. The number of benzene rings is 1. The molecule has 20 heavy (non-hydrogen) atoms. The highest BCUT2D eigenvalue weighted by Crippen LogP contribution is 2.37. The summed E-state index contributed by atoms with van der Waals surface area (Å²) in [4.78, 5) is 4.15. The molecule has 0 bridgehead atoms. The van der Waals surface area contributed by atoms with Crippen LogP contribution in [0.4, 0.5) is 13.2 Å². The molecule has 1 aromatic carbocycles. The Balaban J connectivity index is 2.72. The summed E-state index contributed by atoms with van der Waals surface area (Å²) in [6.07, 6.45) is -3.84. The third kappa shape index (κ3) is 2.28. The normalized spacial score (nSPS) is 15.6. The average molecular weight is 285 g/mol. The second kappa shape index (κ2) is 4.77. The Morgan fingerprint density at radius 3 is 2.50 bits per heavy atom. The quantitative estimate of drug-likeness (QED) is 0.938. The van der Waals surface area contributed by atoms with Crippen LogP contribution in [0, 0.1) is 6.92 Å². The van der Waals surface area contributed by atoms with Crippen LogP contribution >= 0.6 is 0 Å². The lowest BCUT2D eigenvalue weighted by molar-refractivity contribution is -0.186. The third-order valence-electron chi connectivity index (χ3n) is 3.40. The fourth-order valence-corrected chi connectivity index (χ4v) is 2.21. The first kappa shape index (κ1) is 14.8. The molecule has 0 spiro atoms. The zero-order valence-corrected chi connectivity index (χ0v) is 11.8. The van der Waals surface area contributed by atoms with Crippen molar-refractivity contribution in [2.75, 3.05) is 0 Å². The summed E-state index contributed by atoms with van der Waals surface area (Å²) in [5, 5.41) is 0. The van der Waals surface area contributed by atoms with Gasteiger partial charge in [0.15, 0.2) is 5.54 Å². The Labute approximate surface area is 115 Å². The van der Waals surface area contributed by atoms with E-state index >= 15 is 0 Å². The zero-order chi connectivity index (χ0) is 15.1. The number of imidazole rings is 1. The molecular formula is C14H18F3N3. The Bertz CT molecular complexity index is 626. The number of fused-ring (bicyclic) bond motifs is 1.